The van der Waals surface area contributed by atoms with Crippen molar-refractivity contribution in [1.29, 1.82) is 0 Å². The zero-order valence-corrected chi connectivity index (χ0v) is 11.6. The lowest BCUT2D eigenvalue weighted by Crippen LogP contribution is -2.25. The Kier molecular flexibility index (Phi) is 4.53. The van der Waals surface area contributed by atoms with E-state index in [0.29, 0.717) is 12.1 Å². The molecule has 0 aliphatic rings. The monoisotopic (exact) mass is 338 g/mol. The summed E-state index contributed by atoms with van der Waals surface area (Å²) in [6.45, 7) is 1.56. The first-order valence-electron chi connectivity index (χ1n) is 6.35. The number of hydrogen-bond acceptors (Lipinski definition) is 1. The third kappa shape index (κ3) is 3.40. The zero-order chi connectivity index (χ0) is 17.4. The molecule has 0 atom stereocenters. The van der Waals surface area contributed by atoms with Crippen molar-refractivity contribution < 1.29 is 35.5 Å². The van der Waals surface area contributed by atoms with Crippen molar-refractivity contribution in [2.45, 2.75) is 19.5 Å². The van der Waals surface area contributed by atoms with Gasteiger partial charge in [0, 0.05) is 12.1 Å². The molecule has 1 nitrogen and oxygen atoms in total. The van der Waals surface area contributed by atoms with Gasteiger partial charge in [0.15, 0.2) is 17.5 Å². The van der Waals surface area contributed by atoms with Crippen LogP contribution in [-0.2, 0) is 12.5 Å². The van der Waals surface area contributed by atoms with E-state index in [2.05, 4.69) is 4.74 Å². The molecule has 0 saturated carbocycles. The zero-order valence-electron chi connectivity index (χ0n) is 11.6. The molecule has 0 aliphatic carbocycles. The molecule has 23 heavy (non-hydrogen) atoms. The molecule has 2 rings (SSSR count). The predicted octanol–water partition coefficient (Wildman–Crippen LogP) is 5.07. The second-order valence-corrected chi connectivity index (χ2v) is 4.61. The summed E-state index contributed by atoms with van der Waals surface area (Å²) in [5.41, 5.74) is -1.57. The Morgan fingerprint density at radius 1 is 0.826 bits per heavy atom. The van der Waals surface area contributed by atoms with Crippen LogP contribution in [0.3, 0.4) is 0 Å². The van der Waals surface area contributed by atoms with Crippen LogP contribution in [-0.4, -0.2) is 0 Å². The van der Waals surface area contributed by atoms with Crippen LogP contribution in [0, 0.1) is 29.1 Å². The first kappa shape index (κ1) is 17.1. The van der Waals surface area contributed by atoms with Gasteiger partial charge in [-0.15, -0.1) is 0 Å². The number of aryl methyl sites for hydroxylation is 1. The lowest BCUT2D eigenvalue weighted by atomic mass is 10.1. The summed E-state index contributed by atoms with van der Waals surface area (Å²) in [6, 6.07) is 1.67. The standard InChI is InChI=1S/C15H9F7O/c1-2-7-3-9(16)13(10(17)4-7)15(21,22)23-8-5-11(18)14(20)12(19)6-8/h3-6H,2H2,1H3. The van der Waals surface area contributed by atoms with E-state index in [-0.39, 0.29) is 24.1 Å². The van der Waals surface area contributed by atoms with Crippen LogP contribution >= 0.6 is 0 Å². The summed E-state index contributed by atoms with van der Waals surface area (Å²) in [4.78, 5) is 0. The number of hydrogen-bond donors (Lipinski definition) is 0. The van der Waals surface area contributed by atoms with Crippen LogP contribution < -0.4 is 4.74 Å². The van der Waals surface area contributed by atoms with Crippen LogP contribution in [0.4, 0.5) is 30.7 Å². The van der Waals surface area contributed by atoms with Gasteiger partial charge in [-0.3, -0.25) is 0 Å². The topological polar surface area (TPSA) is 9.23 Å². The van der Waals surface area contributed by atoms with Crippen LogP contribution in [0.15, 0.2) is 24.3 Å². The molecule has 0 saturated heterocycles. The molecule has 0 aromatic heterocycles. The summed E-state index contributed by atoms with van der Waals surface area (Å²) < 4.78 is 98.0. The van der Waals surface area contributed by atoms with Crippen LogP contribution in [0.2, 0.25) is 0 Å². The van der Waals surface area contributed by atoms with Crippen molar-refractivity contribution in [2.75, 3.05) is 0 Å². The van der Waals surface area contributed by atoms with Gasteiger partial charge in [0.05, 0.1) is 0 Å². The van der Waals surface area contributed by atoms with Crippen LogP contribution in [0.25, 0.3) is 0 Å². The van der Waals surface area contributed by atoms with Crippen molar-refractivity contribution in [3.8, 4) is 5.75 Å². The van der Waals surface area contributed by atoms with Gasteiger partial charge in [0.2, 0.25) is 0 Å². The maximum Gasteiger partial charge on any atom is 0.432 e. The van der Waals surface area contributed by atoms with E-state index in [9.17, 15) is 30.7 Å². The lowest BCUT2D eigenvalue weighted by molar-refractivity contribution is -0.189. The molecular weight excluding hydrogens is 329 g/mol. The second kappa shape index (κ2) is 6.10. The third-order valence-corrected chi connectivity index (χ3v) is 3.00. The minimum Gasteiger partial charge on any atom is -0.429 e. The summed E-state index contributed by atoms with van der Waals surface area (Å²) >= 11 is 0. The highest BCUT2D eigenvalue weighted by molar-refractivity contribution is 5.31. The van der Waals surface area contributed by atoms with E-state index < -0.39 is 46.5 Å². The van der Waals surface area contributed by atoms with Crippen molar-refractivity contribution >= 4 is 0 Å². The van der Waals surface area contributed by atoms with Crippen molar-refractivity contribution in [3.63, 3.8) is 0 Å². The largest absolute Gasteiger partial charge is 0.432 e. The molecule has 2 aromatic carbocycles. The van der Waals surface area contributed by atoms with Gasteiger partial charge in [-0.1, -0.05) is 6.92 Å². The number of benzene rings is 2. The number of ether oxygens (including phenoxy) is 1. The molecule has 0 amide bonds. The molecule has 0 bridgehead atoms. The smallest absolute Gasteiger partial charge is 0.429 e. The van der Waals surface area contributed by atoms with Gasteiger partial charge >= 0.3 is 6.11 Å². The number of halogens is 7. The van der Waals surface area contributed by atoms with Gasteiger partial charge < -0.3 is 4.74 Å². The van der Waals surface area contributed by atoms with E-state index >= 15 is 0 Å². The molecular formula is C15H9F7O. The predicted molar refractivity (Wildman–Crippen MR) is 66.6 cm³/mol. The fraction of sp³-hybridized carbons (Fsp3) is 0.200. The van der Waals surface area contributed by atoms with Gasteiger partial charge in [0.25, 0.3) is 0 Å². The normalized spacial score (nSPS) is 11.7. The molecule has 124 valence electrons. The Hall–Kier alpha value is -2.25. The Bertz CT molecular complexity index is 697. The molecule has 0 unspecified atom stereocenters. The Morgan fingerprint density at radius 3 is 1.74 bits per heavy atom. The molecule has 0 spiro atoms. The lowest BCUT2D eigenvalue weighted by Gasteiger charge is -2.20. The van der Waals surface area contributed by atoms with Gasteiger partial charge in [-0.25, -0.2) is 22.0 Å². The first-order chi connectivity index (χ1) is 10.7. The average Bonchev–Trinajstić information content (AvgIpc) is 2.42. The summed E-state index contributed by atoms with van der Waals surface area (Å²) in [5.74, 6) is -9.71. The quantitative estimate of drug-likeness (QED) is 0.558. The molecule has 0 aliphatic heterocycles. The summed E-state index contributed by atoms with van der Waals surface area (Å²) in [6.07, 6.45) is -4.36. The Labute approximate surface area is 126 Å². The third-order valence-electron chi connectivity index (χ3n) is 3.00. The molecule has 8 heteroatoms. The van der Waals surface area contributed by atoms with Crippen molar-refractivity contribution in [3.05, 3.63) is 64.5 Å². The minimum absolute atomic E-state index is 0.137. The van der Waals surface area contributed by atoms with Gasteiger partial charge in [-0.2, -0.15) is 8.78 Å². The highest BCUT2D eigenvalue weighted by atomic mass is 19.3. The van der Waals surface area contributed by atoms with E-state index in [1.807, 2.05) is 0 Å². The maximum atomic E-state index is 13.9. The van der Waals surface area contributed by atoms with Crippen LogP contribution in [0.5, 0.6) is 5.75 Å². The fourth-order valence-corrected chi connectivity index (χ4v) is 1.90. The van der Waals surface area contributed by atoms with Crippen molar-refractivity contribution in [1.82, 2.24) is 0 Å². The van der Waals surface area contributed by atoms with Crippen molar-refractivity contribution in [2.24, 2.45) is 0 Å². The SMILES string of the molecule is CCc1cc(F)c(C(F)(F)Oc2cc(F)c(F)c(F)c2)c(F)c1. The molecule has 0 heterocycles. The minimum atomic E-state index is -4.56. The molecule has 2 aromatic rings. The Balaban J connectivity index is 2.43. The van der Waals surface area contributed by atoms with Gasteiger partial charge in [-0.05, 0) is 24.1 Å². The molecule has 0 radical (unpaired) electrons. The highest BCUT2D eigenvalue weighted by Gasteiger charge is 2.41. The van der Waals surface area contributed by atoms with Gasteiger partial charge in [0.1, 0.15) is 22.9 Å². The van der Waals surface area contributed by atoms with E-state index in [4.69, 9.17) is 0 Å². The summed E-state index contributed by atoms with van der Waals surface area (Å²) in [7, 11) is 0. The van der Waals surface area contributed by atoms with E-state index in [0.717, 1.165) is 0 Å². The number of rotatable bonds is 4. The summed E-state index contributed by atoms with van der Waals surface area (Å²) in [5, 5.41) is 0. The molecule has 0 N–H and O–H groups in total. The fourth-order valence-electron chi connectivity index (χ4n) is 1.90. The highest BCUT2D eigenvalue weighted by Crippen LogP contribution is 2.36. The Morgan fingerprint density at radius 2 is 1.30 bits per heavy atom. The molecule has 0 fully saturated rings. The van der Waals surface area contributed by atoms with E-state index in [1.54, 1.807) is 6.92 Å². The average molecular weight is 338 g/mol. The second-order valence-electron chi connectivity index (χ2n) is 4.61. The first-order valence-corrected chi connectivity index (χ1v) is 6.35. The maximum absolute atomic E-state index is 13.9. The van der Waals surface area contributed by atoms with Crippen LogP contribution in [0.1, 0.15) is 18.1 Å². The van der Waals surface area contributed by atoms with E-state index in [1.165, 1.54) is 0 Å². The number of alkyl halides is 2.